The number of carbonyl (C=O) groups is 1. The van der Waals surface area contributed by atoms with Crippen LogP contribution in [0.1, 0.15) is 25.7 Å². The highest BCUT2D eigenvalue weighted by Gasteiger charge is 2.47. The molecule has 82 valence electrons. The first kappa shape index (κ1) is 10.4. The summed E-state index contributed by atoms with van der Waals surface area (Å²) >= 11 is 0. The zero-order valence-electron chi connectivity index (χ0n) is 8.78. The molecule has 0 radical (unpaired) electrons. The summed E-state index contributed by atoms with van der Waals surface area (Å²) < 4.78 is 0. The summed E-state index contributed by atoms with van der Waals surface area (Å²) in [6.07, 6.45) is 3.27. The van der Waals surface area contributed by atoms with Crippen molar-refractivity contribution in [2.75, 3.05) is 19.7 Å². The average molecular weight is 208 g/mol. The molecular weight excluding hydrogens is 192 g/mol. The number of nitriles is 1. The molecule has 4 heteroatoms. The molecule has 1 aliphatic carbocycles. The van der Waals surface area contributed by atoms with Crippen molar-refractivity contribution in [3.05, 3.63) is 0 Å². The molecule has 2 fully saturated rings. The van der Waals surface area contributed by atoms with Gasteiger partial charge < -0.3 is 10.0 Å². The number of aliphatic hydroxyl groups is 1. The third-order valence-electron chi connectivity index (χ3n) is 3.66. The monoisotopic (exact) mass is 208 g/mol. The summed E-state index contributed by atoms with van der Waals surface area (Å²) in [7, 11) is 0. The largest absolute Gasteiger partial charge is 0.396 e. The third kappa shape index (κ3) is 1.61. The highest BCUT2D eigenvalue weighted by molar-refractivity contribution is 5.86. The first-order valence-electron chi connectivity index (χ1n) is 5.53. The van der Waals surface area contributed by atoms with Crippen LogP contribution >= 0.6 is 0 Å². The summed E-state index contributed by atoms with van der Waals surface area (Å²) in [5.74, 6) is 0.206. The van der Waals surface area contributed by atoms with Crippen LogP contribution in [0.5, 0.6) is 0 Å². The van der Waals surface area contributed by atoms with E-state index in [1.54, 1.807) is 4.90 Å². The van der Waals surface area contributed by atoms with Crippen molar-refractivity contribution in [3.63, 3.8) is 0 Å². The van der Waals surface area contributed by atoms with Crippen LogP contribution in [0.4, 0.5) is 0 Å². The van der Waals surface area contributed by atoms with E-state index < -0.39 is 5.41 Å². The van der Waals surface area contributed by atoms with E-state index in [2.05, 4.69) is 6.07 Å². The van der Waals surface area contributed by atoms with E-state index in [1.165, 1.54) is 0 Å². The van der Waals surface area contributed by atoms with Crippen LogP contribution in [0.15, 0.2) is 0 Å². The molecule has 1 saturated heterocycles. The number of carbonyl (C=O) groups excluding carboxylic acids is 1. The quantitative estimate of drug-likeness (QED) is 0.719. The van der Waals surface area contributed by atoms with Gasteiger partial charge in [0.2, 0.25) is 5.91 Å². The lowest BCUT2D eigenvalue weighted by Crippen LogP contribution is -2.46. The number of nitrogens with zero attached hydrogens (tertiary/aromatic N) is 2. The van der Waals surface area contributed by atoms with Crippen LogP contribution in [0.2, 0.25) is 0 Å². The van der Waals surface area contributed by atoms with Gasteiger partial charge in [-0.3, -0.25) is 4.79 Å². The molecule has 1 amide bonds. The Balaban J connectivity index is 2.00. The van der Waals surface area contributed by atoms with Gasteiger partial charge in [0, 0.05) is 25.6 Å². The molecule has 0 spiro atoms. The van der Waals surface area contributed by atoms with Gasteiger partial charge >= 0.3 is 0 Å². The molecule has 0 aromatic carbocycles. The van der Waals surface area contributed by atoms with Crippen LogP contribution in [0, 0.1) is 22.7 Å². The van der Waals surface area contributed by atoms with Crippen molar-refractivity contribution in [2.24, 2.45) is 11.3 Å². The fourth-order valence-electron chi connectivity index (χ4n) is 2.37. The van der Waals surface area contributed by atoms with Gasteiger partial charge in [0.05, 0.1) is 6.07 Å². The summed E-state index contributed by atoms with van der Waals surface area (Å²) in [6.45, 7) is 1.47. The number of hydrogen-bond acceptors (Lipinski definition) is 3. The normalized spacial score (nSPS) is 28.3. The van der Waals surface area contributed by atoms with Crippen LogP contribution in [-0.2, 0) is 4.79 Å². The maximum absolute atomic E-state index is 12.1. The standard InChI is InChI=1S/C11H16N2O2/c12-8-11(3-1-4-11)10(15)13-5-2-9(6-13)7-14/h9,14H,1-7H2. The van der Waals surface area contributed by atoms with Gasteiger partial charge in [-0.25, -0.2) is 0 Å². The van der Waals surface area contributed by atoms with E-state index in [1.807, 2.05) is 0 Å². The Morgan fingerprint density at radius 3 is 2.73 bits per heavy atom. The second-order valence-electron chi connectivity index (χ2n) is 4.64. The number of aliphatic hydroxyl groups excluding tert-OH is 1. The Kier molecular flexibility index (Phi) is 2.66. The maximum atomic E-state index is 12.1. The number of amides is 1. The molecular formula is C11H16N2O2. The molecule has 2 rings (SSSR count). The zero-order chi connectivity index (χ0) is 10.9. The van der Waals surface area contributed by atoms with Crippen molar-refractivity contribution < 1.29 is 9.90 Å². The lowest BCUT2D eigenvalue weighted by molar-refractivity contribution is -0.142. The van der Waals surface area contributed by atoms with E-state index in [9.17, 15) is 4.79 Å². The highest BCUT2D eigenvalue weighted by Crippen LogP contribution is 2.42. The average Bonchev–Trinajstić information content (AvgIpc) is 2.64. The topological polar surface area (TPSA) is 64.3 Å². The lowest BCUT2D eigenvalue weighted by atomic mass is 9.69. The van der Waals surface area contributed by atoms with Gasteiger partial charge in [0.15, 0.2) is 0 Å². The SMILES string of the molecule is N#CC1(C(=O)N2CCC(CO)C2)CCC1. The Bertz CT molecular complexity index is 304. The van der Waals surface area contributed by atoms with E-state index >= 15 is 0 Å². The van der Waals surface area contributed by atoms with Gasteiger partial charge in [0.1, 0.15) is 5.41 Å². The van der Waals surface area contributed by atoms with Crippen LogP contribution in [-0.4, -0.2) is 35.6 Å². The van der Waals surface area contributed by atoms with Gasteiger partial charge in [-0.2, -0.15) is 5.26 Å². The molecule has 0 aromatic heterocycles. The van der Waals surface area contributed by atoms with E-state index in [-0.39, 0.29) is 18.4 Å². The molecule has 2 aliphatic rings. The highest BCUT2D eigenvalue weighted by atomic mass is 16.3. The molecule has 0 bridgehead atoms. The van der Waals surface area contributed by atoms with Crippen molar-refractivity contribution in [2.45, 2.75) is 25.7 Å². The summed E-state index contributed by atoms with van der Waals surface area (Å²) in [4.78, 5) is 13.8. The predicted octanol–water partition coefficient (Wildman–Crippen LogP) is 0.521. The summed E-state index contributed by atoms with van der Waals surface area (Å²) in [6, 6.07) is 2.17. The molecule has 1 atom stereocenters. The molecule has 1 unspecified atom stereocenters. The molecule has 1 aliphatic heterocycles. The smallest absolute Gasteiger partial charge is 0.243 e. The minimum absolute atomic E-state index is 0.00722. The van der Waals surface area contributed by atoms with Crippen LogP contribution < -0.4 is 0 Å². The fraction of sp³-hybridized carbons (Fsp3) is 0.818. The number of hydrogen-bond donors (Lipinski definition) is 1. The van der Waals surface area contributed by atoms with E-state index in [0.717, 1.165) is 12.8 Å². The summed E-state index contributed by atoms with van der Waals surface area (Å²) in [5.41, 5.74) is -0.718. The zero-order valence-corrected chi connectivity index (χ0v) is 8.78. The Morgan fingerprint density at radius 1 is 1.60 bits per heavy atom. The molecule has 15 heavy (non-hydrogen) atoms. The Morgan fingerprint density at radius 2 is 2.33 bits per heavy atom. The Hall–Kier alpha value is -1.08. The first-order chi connectivity index (χ1) is 7.22. The minimum atomic E-state index is -0.718. The Labute approximate surface area is 89.5 Å². The van der Waals surface area contributed by atoms with Crippen molar-refractivity contribution in [1.82, 2.24) is 4.90 Å². The van der Waals surface area contributed by atoms with Crippen molar-refractivity contribution >= 4 is 5.91 Å². The summed E-state index contributed by atoms with van der Waals surface area (Å²) in [5, 5.41) is 18.0. The predicted molar refractivity (Wildman–Crippen MR) is 53.7 cm³/mol. The second kappa shape index (κ2) is 3.82. The molecule has 1 N–H and O–H groups in total. The molecule has 1 saturated carbocycles. The second-order valence-corrected chi connectivity index (χ2v) is 4.64. The van der Waals surface area contributed by atoms with Gasteiger partial charge in [-0.05, 0) is 25.7 Å². The van der Waals surface area contributed by atoms with E-state index in [4.69, 9.17) is 10.4 Å². The number of likely N-dealkylation sites (tertiary alicyclic amines) is 1. The van der Waals surface area contributed by atoms with Crippen LogP contribution in [0.25, 0.3) is 0 Å². The number of rotatable bonds is 2. The van der Waals surface area contributed by atoms with Gasteiger partial charge in [-0.15, -0.1) is 0 Å². The van der Waals surface area contributed by atoms with Crippen molar-refractivity contribution in [3.8, 4) is 6.07 Å². The maximum Gasteiger partial charge on any atom is 0.243 e. The molecule has 1 heterocycles. The molecule has 0 aromatic rings. The van der Waals surface area contributed by atoms with Crippen molar-refractivity contribution in [1.29, 1.82) is 5.26 Å². The third-order valence-corrected chi connectivity index (χ3v) is 3.66. The van der Waals surface area contributed by atoms with Gasteiger partial charge in [-0.1, -0.05) is 0 Å². The minimum Gasteiger partial charge on any atom is -0.396 e. The molecule has 4 nitrogen and oxygen atoms in total. The van der Waals surface area contributed by atoms with E-state index in [0.29, 0.717) is 25.9 Å². The van der Waals surface area contributed by atoms with Gasteiger partial charge in [0.25, 0.3) is 0 Å². The van der Waals surface area contributed by atoms with Crippen LogP contribution in [0.3, 0.4) is 0 Å². The fourth-order valence-corrected chi connectivity index (χ4v) is 2.37. The first-order valence-corrected chi connectivity index (χ1v) is 5.53. The lowest BCUT2D eigenvalue weighted by Gasteiger charge is -2.36.